The Morgan fingerprint density at radius 1 is 0.580 bits per heavy atom. The average Bonchev–Trinajstić information content (AvgIpc) is 3.83. The van der Waals surface area contributed by atoms with Crippen LogP contribution in [0.25, 0.3) is 22.2 Å². The van der Waals surface area contributed by atoms with Crippen molar-refractivity contribution in [2.45, 2.75) is 35.8 Å². The summed E-state index contributed by atoms with van der Waals surface area (Å²) in [4.78, 5) is 5.01. The van der Waals surface area contributed by atoms with E-state index in [0.717, 1.165) is 47.4 Å². The van der Waals surface area contributed by atoms with Crippen molar-refractivity contribution < 1.29 is 0 Å². The molecule has 8 rings (SSSR count). The van der Waals surface area contributed by atoms with Crippen LogP contribution in [-0.4, -0.2) is 24.3 Å². The van der Waals surface area contributed by atoms with Gasteiger partial charge in [-0.3, -0.25) is 0 Å². The summed E-state index contributed by atoms with van der Waals surface area (Å²) in [6.07, 6.45) is 5.94. The van der Waals surface area contributed by atoms with E-state index in [2.05, 4.69) is 179 Å². The molecular weight excluding hydrogens is 631 g/mol. The minimum absolute atomic E-state index is 0.576. The van der Waals surface area contributed by atoms with Gasteiger partial charge in [-0.2, -0.15) is 0 Å². The van der Waals surface area contributed by atoms with E-state index >= 15 is 0 Å². The summed E-state index contributed by atoms with van der Waals surface area (Å²) in [7, 11) is 0. The highest BCUT2D eigenvalue weighted by Crippen LogP contribution is 2.41. The van der Waals surface area contributed by atoms with Gasteiger partial charge < -0.3 is 9.13 Å². The van der Waals surface area contributed by atoms with E-state index < -0.39 is 5.54 Å². The minimum atomic E-state index is -0.576. The van der Waals surface area contributed by atoms with Crippen LogP contribution in [-0.2, 0) is 24.3 Å². The Morgan fingerprint density at radius 2 is 1.16 bits per heavy atom. The monoisotopic (exact) mass is 667 g/mol. The number of nitrogens with zero attached hydrogens (tertiary/aromatic N) is 5. The topological polar surface area (TPSA) is 48.5 Å². The zero-order valence-corrected chi connectivity index (χ0v) is 28.5. The molecule has 2 heterocycles. The van der Waals surface area contributed by atoms with Crippen LogP contribution >= 0.6 is 11.8 Å². The summed E-state index contributed by atoms with van der Waals surface area (Å²) in [5.74, 6) is 1.73. The molecule has 0 radical (unpaired) electrons. The van der Waals surface area contributed by atoms with Crippen molar-refractivity contribution in [2.24, 2.45) is 0 Å². The molecule has 0 N–H and O–H groups in total. The van der Waals surface area contributed by atoms with E-state index in [0.29, 0.717) is 0 Å². The van der Waals surface area contributed by atoms with Crippen LogP contribution in [0.1, 0.15) is 34.4 Å². The maximum absolute atomic E-state index is 5.01. The van der Waals surface area contributed by atoms with Gasteiger partial charge in [0.2, 0.25) is 0 Å². The third-order valence-corrected chi connectivity index (χ3v) is 10.4. The number of aryl methyl sites for hydroxylation is 1. The Hall–Kier alpha value is -5.72. The predicted octanol–water partition coefficient (Wildman–Crippen LogP) is 10.1. The second-order valence-electron chi connectivity index (χ2n) is 12.5. The van der Waals surface area contributed by atoms with Gasteiger partial charge in [0.05, 0.1) is 12.0 Å². The number of fused-ring (bicyclic) bond motifs is 1. The lowest BCUT2D eigenvalue weighted by atomic mass is 9.77. The van der Waals surface area contributed by atoms with Gasteiger partial charge in [-0.1, -0.05) is 169 Å². The highest BCUT2D eigenvalue weighted by molar-refractivity contribution is 7.98. The Labute approximate surface area is 297 Å². The SMILES string of the molecule is c1ccc(CSc2nnc(-c3ccc4ccccc4c3)n2CCCc2cn(C(c3ccccc3)(c3ccccc3)c3ccccc3)cn2)cc1. The second kappa shape index (κ2) is 14.4. The van der Waals surface area contributed by atoms with Gasteiger partial charge in [-0.25, -0.2) is 4.98 Å². The fourth-order valence-corrected chi connectivity index (χ4v) is 7.86. The van der Waals surface area contributed by atoms with Gasteiger partial charge in [-0.05, 0) is 51.9 Å². The van der Waals surface area contributed by atoms with Gasteiger partial charge >= 0.3 is 0 Å². The second-order valence-corrected chi connectivity index (χ2v) is 13.4. The summed E-state index contributed by atoms with van der Waals surface area (Å²) in [6.45, 7) is 0.778. The molecule has 0 unspecified atom stereocenters. The Kier molecular flexibility index (Phi) is 9.09. The lowest BCUT2D eigenvalue weighted by molar-refractivity contribution is 0.513. The average molecular weight is 668 g/mol. The first-order valence-corrected chi connectivity index (χ1v) is 18.1. The van der Waals surface area contributed by atoms with Crippen LogP contribution in [0.3, 0.4) is 0 Å². The van der Waals surface area contributed by atoms with Crippen LogP contribution in [0.5, 0.6) is 0 Å². The third kappa shape index (κ3) is 6.26. The van der Waals surface area contributed by atoms with E-state index in [9.17, 15) is 0 Å². The molecule has 0 aliphatic heterocycles. The molecule has 244 valence electrons. The standard InChI is InChI=1S/C44H37N5S/c1-5-16-34(17-6-1)32-50-43-47-46-42(37-28-27-35-18-13-14-19-36(35)30-37)49(43)29-15-26-41-31-48(33-45-41)44(38-20-7-2-8-21-38,39-22-9-3-10-23-39)40-24-11-4-12-25-40/h1-14,16-25,27-28,30-31,33H,15,26,29,32H2. The van der Waals surface area contributed by atoms with Gasteiger partial charge in [0.15, 0.2) is 11.0 Å². The van der Waals surface area contributed by atoms with E-state index in [1.54, 1.807) is 11.8 Å². The molecule has 0 saturated carbocycles. The maximum Gasteiger partial charge on any atom is 0.191 e. The molecular formula is C44H37N5S. The van der Waals surface area contributed by atoms with Crippen LogP contribution in [0.4, 0.5) is 0 Å². The first-order chi connectivity index (χ1) is 24.8. The van der Waals surface area contributed by atoms with Crippen molar-refractivity contribution >= 4 is 22.5 Å². The van der Waals surface area contributed by atoms with Crippen LogP contribution < -0.4 is 0 Å². The van der Waals surface area contributed by atoms with Crippen molar-refractivity contribution in [3.63, 3.8) is 0 Å². The van der Waals surface area contributed by atoms with Crippen molar-refractivity contribution in [3.8, 4) is 11.4 Å². The molecule has 0 amide bonds. The first-order valence-electron chi connectivity index (χ1n) is 17.1. The zero-order valence-electron chi connectivity index (χ0n) is 27.7. The number of hydrogen-bond donors (Lipinski definition) is 0. The summed E-state index contributed by atoms with van der Waals surface area (Å²) in [5, 5.41) is 12.8. The summed E-state index contributed by atoms with van der Waals surface area (Å²) < 4.78 is 4.58. The number of thioether (sulfide) groups is 1. The van der Waals surface area contributed by atoms with E-state index in [1.807, 2.05) is 6.33 Å². The van der Waals surface area contributed by atoms with Crippen molar-refractivity contribution in [1.82, 2.24) is 24.3 Å². The van der Waals surface area contributed by atoms with Crippen molar-refractivity contribution in [1.29, 1.82) is 0 Å². The molecule has 50 heavy (non-hydrogen) atoms. The summed E-state index contributed by atoms with van der Waals surface area (Å²) in [6, 6.07) is 57.8. The van der Waals surface area contributed by atoms with Gasteiger partial charge in [-0.15, -0.1) is 10.2 Å². The Bertz CT molecular complexity index is 2200. The molecule has 2 aromatic heterocycles. The lowest BCUT2D eigenvalue weighted by Crippen LogP contribution is -2.36. The molecule has 8 aromatic rings. The largest absolute Gasteiger partial charge is 0.319 e. The predicted molar refractivity (Wildman–Crippen MR) is 204 cm³/mol. The molecule has 6 aromatic carbocycles. The Morgan fingerprint density at radius 3 is 1.80 bits per heavy atom. The highest BCUT2D eigenvalue weighted by atomic mass is 32.2. The third-order valence-electron chi connectivity index (χ3n) is 9.35. The fourth-order valence-electron chi connectivity index (χ4n) is 6.94. The van der Waals surface area contributed by atoms with E-state index in [-0.39, 0.29) is 0 Å². The van der Waals surface area contributed by atoms with E-state index in [1.165, 1.54) is 33.0 Å². The molecule has 0 aliphatic carbocycles. The van der Waals surface area contributed by atoms with Gasteiger partial charge in [0, 0.05) is 24.1 Å². The molecule has 5 nitrogen and oxygen atoms in total. The summed E-state index contributed by atoms with van der Waals surface area (Å²) >= 11 is 1.74. The smallest absolute Gasteiger partial charge is 0.191 e. The normalized spacial score (nSPS) is 11.6. The van der Waals surface area contributed by atoms with Crippen molar-refractivity contribution in [2.75, 3.05) is 0 Å². The minimum Gasteiger partial charge on any atom is -0.319 e. The van der Waals surface area contributed by atoms with Crippen molar-refractivity contribution in [3.05, 3.63) is 204 Å². The van der Waals surface area contributed by atoms with Crippen LogP contribution in [0, 0.1) is 0 Å². The molecule has 0 fully saturated rings. The lowest BCUT2D eigenvalue weighted by Gasteiger charge is -2.37. The number of hydrogen-bond acceptors (Lipinski definition) is 4. The first kappa shape index (κ1) is 31.5. The molecule has 6 heteroatoms. The fraction of sp³-hybridized carbons (Fsp3) is 0.114. The molecule has 0 spiro atoms. The number of rotatable bonds is 12. The van der Waals surface area contributed by atoms with Gasteiger partial charge in [0.1, 0.15) is 5.54 Å². The number of benzene rings is 6. The number of imidazole rings is 1. The number of aromatic nitrogens is 5. The highest BCUT2D eigenvalue weighted by Gasteiger charge is 2.38. The molecule has 0 bridgehead atoms. The maximum atomic E-state index is 5.01. The summed E-state index contributed by atoms with van der Waals surface area (Å²) in [5.41, 5.74) is 6.38. The molecule has 0 atom stereocenters. The molecule has 0 aliphatic rings. The van der Waals surface area contributed by atoms with E-state index in [4.69, 9.17) is 15.2 Å². The van der Waals surface area contributed by atoms with Crippen LogP contribution in [0.2, 0.25) is 0 Å². The quantitative estimate of drug-likeness (QED) is 0.0961. The Balaban J connectivity index is 1.11. The molecule has 0 saturated heterocycles. The zero-order chi connectivity index (χ0) is 33.6. The van der Waals surface area contributed by atoms with Gasteiger partial charge in [0.25, 0.3) is 0 Å². The van der Waals surface area contributed by atoms with Crippen LogP contribution in [0.15, 0.2) is 181 Å².